The fourth-order valence-electron chi connectivity index (χ4n) is 3.40. The van der Waals surface area contributed by atoms with Gasteiger partial charge in [-0.15, -0.1) is 0 Å². The lowest BCUT2D eigenvalue weighted by Gasteiger charge is -2.26. The number of carbonyl (C=O) groups is 1. The van der Waals surface area contributed by atoms with Crippen LogP contribution >= 0.6 is 0 Å². The van der Waals surface area contributed by atoms with E-state index in [2.05, 4.69) is 22.5 Å². The molecule has 0 bridgehead atoms. The van der Waals surface area contributed by atoms with Crippen LogP contribution in [-0.4, -0.2) is 41.7 Å². The first-order valence-electron chi connectivity index (χ1n) is 9.32. The summed E-state index contributed by atoms with van der Waals surface area (Å²) >= 11 is 0. The molecule has 0 spiro atoms. The van der Waals surface area contributed by atoms with Gasteiger partial charge in [-0.2, -0.15) is 0 Å². The Kier molecular flexibility index (Phi) is 5.22. The van der Waals surface area contributed by atoms with Crippen LogP contribution in [0.5, 0.6) is 0 Å². The molecular formula is C23H22N2O2. The number of hydrogen-bond donors (Lipinski definition) is 0. The third-order valence-corrected chi connectivity index (χ3v) is 4.80. The second kappa shape index (κ2) is 8.11. The Morgan fingerprint density at radius 2 is 1.74 bits per heavy atom. The van der Waals surface area contributed by atoms with Gasteiger partial charge in [0.05, 0.1) is 18.8 Å². The first-order valence-corrected chi connectivity index (χ1v) is 9.32. The van der Waals surface area contributed by atoms with Gasteiger partial charge in [-0.1, -0.05) is 48.2 Å². The van der Waals surface area contributed by atoms with E-state index in [1.54, 1.807) is 0 Å². The van der Waals surface area contributed by atoms with Crippen LogP contribution in [0.1, 0.15) is 22.3 Å². The normalized spacial score (nSPS) is 14.0. The molecule has 1 saturated heterocycles. The van der Waals surface area contributed by atoms with Crippen molar-refractivity contribution in [3.63, 3.8) is 0 Å². The van der Waals surface area contributed by atoms with Crippen molar-refractivity contribution in [2.45, 2.75) is 13.0 Å². The molecule has 1 fully saturated rings. The molecule has 1 aliphatic heterocycles. The average molecular weight is 358 g/mol. The molecule has 0 saturated carbocycles. The van der Waals surface area contributed by atoms with Gasteiger partial charge in [-0.05, 0) is 18.2 Å². The maximum absolute atomic E-state index is 13.0. The molecule has 4 rings (SSSR count). The maximum Gasteiger partial charge on any atom is 0.256 e. The van der Waals surface area contributed by atoms with E-state index in [-0.39, 0.29) is 5.91 Å². The number of aromatic nitrogens is 1. The van der Waals surface area contributed by atoms with E-state index in [0.717, 1.165) is 35.0 Å². The SMILES string of the molecule is O=C(c1cn(CCC#Cc2ccccc2)c2ccccc12)N1CCOCC1. The van der Waals surface area contributed by atoms with Crippen LogP contribution in [0.3, 0.4) is 0 Å². The van der Waals surface area contributed by atoms with Crippen LogP contribution < -0.4 is 0 Å². The van der Waals surface area contributed by atoms with Crippen LogP contribution in [-0.2, 0) is 11.3 Å². The van der Waals surface area contributed by atoms with E-state index < -0.39 is 0 Å². The second-order valence-electron chi connectivity index (χ2n) is 6.58. The molecule has 4 heteroatoms. The number of rotatable bonds is 3. The molecular weight excluding hydrogens is 336 g/mol. The average Bonchev–Trinajstić information content (AvgIpc) is 3.11. The Labute approximate surface area is 159 Å². The monoisotopic (exact) mass is 358 g/mol. The topological polar surface area (TPSA) is 34.5 Å². The largest absolute Gasteiger partial charge is 0.378 e. The van der Waals surface area contributed by atoms with Crippen molar-refractivity contribution in [2.24, 2.45) is 0 Å². The van der Waals surface area contributed by atoms with Crippen molar-refractivity contribution in [1.82, 2.24) is 9.47 Å². The molecule has 1 amide bonds. The van der Waals surface area contributed by atoms with Gasteiger partial charge >= 0.3 is 0 Å². The van der Waals surface area contributed by atoms with Crippen LogP contribution in [0.4, 0.5) is 0 Å². The predicted octanol–water partition coefficient (Wildman–Crippen LogP) is 3.56. The molecule has 0 N–H and O–H groups in total. The van der Waals surface area contributed by atoms with Crippen molar-refractivity contribution >= 4 is 16.8 Å². The fourth-order valence-corrected chi connectivity index (χ4v) is 3.40. The third-order valence-electron chi connectivity index (χ3n) is 4.80. The minimum Gasteiger partial charge on any atom is -0.378 e. The number of morpholine rings is 1. The molecule has 1 aromatic heterocycles. The summed E-state index contributed by atoms with van der Waals surface area (Å²) in [7, 11) is 0. The van der Waals surface area contributed by atoms with E-state index in [0.29, 0.717) is 26.3 Å². The number of amides is 1. The molecule has 0 atom stereocenters. The van der Waals surface area contributed by atoms with Gasteiger partial charge in [0, 0.05) is 48.7 Å². The van der Waals surface area contributed by atoms with Crippen molar-refractivity contribution in [3.05, 3.63) is 71.9 Å². The summed E-state index contributed by atoms with van der Waals surface area (Å²) in [5.74, 6) is 6.51. The molecule has 0 unspecified atom stereocenters. The van der Waals surface area contributed by atoms with Crippen molar-refractivity contribution in [3.8, 4) is 11.8 Å². The number of hydrogen-bond acceptors (Lipinski definition) is 2. The van der Waals surface area contributed by atoms with Gasteiger partial charge in [-0.25, -0.2) is 0 Å². The molecule has 2 aromatic carbocycles. The number of para-hydroxylation sites is 1. The zero-order valence-corrected chi connectivity index (χ0v) is 15.2. The fraction of sp³-hybridized carbons (Fsp3) is 0.261. The zero-order chi connectivity index (χ0) is 18.5. The summed E-state index contributed by atoms with van der Waals surface area (Å²) in [6.45, 7) is 3.29. The summed E-state index contributed by atoms with van der Waals surface area (Å²) in [5.41, 5.74) is 2.87. The van der Waals surface area contributed by atoms with Crippen LogP contribution in [0.15, 0.2) is 60.8 Å². The highest BCUT2D eigenvalue weighted by molar-refractivity contribution is 6.07. The van der Waals surface area contributed by atoms with Gasteiger partial charge in [-0.3, -0.25) is 4.79 Å². The van der Waals surface area contributed by atoms with Crippen LogP contribution in [0.2, 0.25) is 0 Å². The lowest BCUT2D eigenvalue weighted by Crippen LogP contribution is -2.40. The maximum atomic E-state index is 13.0. The lowest BCUT2D eigenvalue weighted by atomic mass is 10.1. The van der Waals surface area contributed by atoms with E-state index in [1.165, 1.54) is 0 Å². The Morgan fingerprint density at radius 3 is 2.56 bits per heavy atom. The molecule has 4 nitrogen and oxygen atoms in total. The molecule has 27 heavy (non-hydrogen) atoms. The highest BCUT2D eigenvalue weighted by Crippen LogP contribution is 2.23. The molecule has 1 aliphatic rings. The highest BCUT2D eigenvalue weighted by atomic mass is 16.5. The minimum atomic E-state index is 0.0867. The summed E-state index contributed by atoms with van der Waals surface area (Å²) in [6.07, 6.45) is 2.71. The van der Waals surface area contributed by atoms with Gasteiger partial charge in [0.15, 0.2) is 0 Å². The second-order valence-corrected chi connectivity index (χ2v) is 6.58. The van der Waals surface area contributed by atoms with Gasteiger partial charge in [0.1, 0.15) is 0 Å². The summed E-state index contributed by atoms with van der Waals surface area (Å²) in [6, 6.07) is 18.1. The Bertz CT molecular complexity index is 989. The molecule has 136 valence electrons. The summed E-state index contributed by atoms with van der Waals surface area (Å²) in [4.78, 5) is 14.9. The van der Waals surface area contributed by atoms with E-state index in [1.807, 2.05) is 59.6 Å². The van der Waals surface area contributed by atoms with Gasteiger partial charge in [0.25, 0.3) is 5.91 Å². The Morgan fingerprint density at radius 1 is 1.00 bits per heavy atom. The third kappa shape index (κ3) is 3.89. The van der Waals surface area contributed by atoms with Gasteiger partial charge in [0.2, 0.25) is 0 Å². The smallest absolute Gasteiger partial charge is 0.256 e. The van der Waals surface area contributed by atoms with Gasteiger partial charge < -0.3 is 14.2 Å². The summed E-state index contributed by atoms with van der Waals surface area (Å²) < 4.78 is 7.51. The molecule has 0 radical (unpaired) electrons. The number of benzene rings is 2. The quantitative estimate of drug-likeness (QED) is 0.671. The number of carbonyl (C=O) groups excluding carboxylic acids is 1. The van der Waals surface area contributed by atoms with E-state index >= 15 is 0 Å². The molecule has 2 heterocycles. The number of ether oxygens (including phenoxy) is 1. The number of aryl methyl sites for hydroxylation is 1. The van der Waals surface area contributed by atoms with Crippen LogP contribution in [0.25, 0.3) is 10.9 Å². The summed E-state index contributed by atoms with van der Waals surface area (Å²) in [5, 5.41) is 1.00. The zero-order valence-electron chi connectivity index (χ0n) is 15.2. The van der Waals surface area contributed by atoms with Crippen LogP contribution in [0, 0.1) is 11.8 Å². The Hall–Kier alpha value is -3.03. The van der Waals surface area contributed by atoms with Crippen molar-refractivity contribution in [2.75, 3.05) is 26.3 Å². The number of nitrogens with zero attached hydrogens (tertiary/aromatic N) is 2. The first-order chi connectivity index (χ1) is 13.3. The standard InChI is InChI=1S/C23H22N2O2/c26-23(24-14-16-27-17-15-24)21-18-25(22-12-5-4-11-20(21)22)13-7-6-10-19-8-2-1-3-9-19/h1-5,8-9,11-12,18H,7,13-17H2. The predicted molar refractivity (Wildman–Crippen MR) is 107 cm³/mol. The lowest BCUT2D eigenvalue weighted by molar-refractivity contribution is 0.0304. The van der Waals surface area contributed by atoms with E-state index in [9.17, 15) is 4.79 Å². The number of fused-ring (bicyclic) bond motifs is 1. The van der Waals surface area contributed by atoms with Crippen molar-refractivity contribution in [1.29, 1.82) is 0 Å². The highest BCUT2D eigenvalue weighted by Gasteiger charge is 2.22. The van der Waals surface area contributed by atoms with E-state index in [4.69, 9.17) is 4.74 Å². The molecule has 0 aliphatic carbocycles. The first kappa shape index (κ1) is 17.4. The van der Waals surface area contributed by atoms with Crippen molar-refractivity contribution < 1.29 is 9.53 Å². The molecule has 3 aromatic rings. The Balaban J connectivity index is 1.55. The minimum absolute atomic E-state index is 0.0867.